The van der Waals surface area contributed by atoms with E-state index in [1.54, 1.807) is 12.5 Å². The summed E-state index contributed by atoms with van der Waals surface area (Å²) in [6.07, 6.45) is 5.09. The van der Waals surface area contributed by atoms with Gasteiger partial charge in [0, 0.05) is 25.9 Å². The molecule has 2 aliphatic rings. The fourth-order valence-electron chi connectivity index (χ4n) is 2.85. The summed E-state index contributed by atoms with van der Waals surface area (Å²) in [5, 5.41) is 7.86. The number of anilines is 1. The van der Waals surface area contributed by atoms with Gasteiger partial charge >= 0.3 is 0 Å². The number of hydrogen-bond acceptors (Lipinski definition) is 6. The lowest BCUT2D eigenvalue weighted by Crippen LogP contribution is -2.45. The third-order valence-electron chi connectivity index (χ3n) is 3.87. The van der Waals surface area contributed by atoms with E-state index in [-0.39, 0.29) is 5.79 Å². The van der Waals surface area contributed by atoms with Crippen molar-refractivity contribution in [3.05, 3.63) is 12.5 Å². The summed E-state index contributed by atoms with van der Waals surface area (Å²) in [4.78, 5) is 10.8. The number of rotatable bonds is 1. The number of H-pyrrole nitrogens is 1. The van der Waals surface area contributed by atoms with Gasteiger partial charge in [-0.3, -0.25) is 5.10 Å². The van der Waals surface area contributed by atoms with E-state index in [1.807, 2.05) is 0 Å². The molecule has 2 aliphatic heterocycles. The average Bonchev–Trinajstić information content (AvgIpc) is 3.09. The van der Waals surface area contributed by atoms with Gasteiger partial charge in [0.1, 0.15) is 12.1 Å². The summed E-state index contributed by atoms with van der Waals surface area (Å²) >= 11 is 0. The van der Waals surface area contributed by atoms with Crippen LogP contribution in [0.2, 0.25) is 0 Å². The number of piperidine rings is 1. The van der Waals surface area contributed by atoms with Crippen LogP contribution in [-0.2, 0) is 9.47 Å². The number of nitrogens with one attached hydrogen (secondary N) is 1. The van der Waals surface area contributed by atoms with E-state index >= 15 is 0 Å². The normalized spacial score (nSPS) is 22.4. The quantitative estimate of drug-likeness (QED) is 0.814. The zero-order valence-corrected chi connectivity index (χ0v) is 10.5. The lowest BCUT2D eigenvalue weighted by atomic mass is 10.0. The van der Waals surface area contributed by atoms with E-state index in [9.17, 15) is 0 Å². The van der Waals surface area contributed by atoms with Crippen LogP contribution in [0.5, 0.6) is 0 Å². The maximum absolute atomic E-state index is 5.74. The molecule has 7 nitrogen and oxygen atoms in total. The first-order valence-corrected chi connectivity index (χ1v) is 6.53. The average molecular weight is 261 g/mol. The fourth-order valence-corrected chi connectivity index (χ4v) is 2.85. The molecule has 2 aromatic rings. The van der Waals surface area contributed by atoms with E-state index in [2.05, 4.69) is 25.1 Å². The Hall–Kier alpha value is -1.73. The Morgan fingerprint density at radius 1 is 1.16 bits per heavy atom. The van der Waals surface area contributed by atoms with Gasteiger partial charge in [0.2, 0.25) is 0 Å². The minimum atomic E-state index is -0.348. The van der Waals surface area contributed by atoms with Crippen molar-refractivity contribution in [1.29, 1.82) is 0 Å². The van der Waals surface area contributed by atoms with Crippen molar-refractivity contribution >= 4 is 16.9 Å². The van der Waals surface area contributed by atoms with Crippen molar-refractivity contribution in [1.82, 2.24) is 20.2 Å². The molecular weight excluding hydrogens is 246 g/mol. The molecule has 0 saturated carbocycles. The highest BCUT2D eigenvalue weighted by atomic mass is 16.7. The van der Waals surface area contributed by atoms with E-state index in [4.69, 9.17) is 9.47 Å². The molecule has 100 valence electrons. The van der Waals surface area contributed by atoms with Crippen LogP contribution < -0.4 is 4.90 Å². The van der Waals surface area contributed by atoms with Crippen LogP contribution in [0.25, 0.3) is 11.0 Å². The molecular formula is C12H15N5O2. The number of hydrogen-bond donors (Lipinski definition) is 1. The zero-order valence-electron chi connectivity index (χ0n) is 10.5. The maximum atomic E-state index is 5.74. The third-order valence-corrected chi connectivity index (χ3v) is 3.87. The molecule has 1 N–H and O–H groups in total. The Bertz CT molecular complexity index is 583. The lowest BCUT2D eigenvalue weighted by Gasteiger charge is -2.38. The monoisotopic (exact) mass is 261 g/mol. The number of fused-ring (bicyclic) bond motifs is 1. The van der Waals surface area contributed by atoms with Crippen molar-refractivity contribution < 1.29 is 9.47 Å². The Balaban J connectivity index is 1.59. The minimum Gasteiger partial charge on any atom is -0.355 e. The van der Waals surface area contributed by atoms with Gasteiger partial charge < -0.3 is 14.4 Å². The van der Waals surface area contributed by atoms with Gasteiger partial charge in [0.15, 0.2) is 11.4 Å². The molecule has 0 bridgehead atoms. The van der Waals surface area contributed by atoms with Gasteiger partial charge in [-0.1, -0.05) is 0 Å². The summed E-state index contributed by atoms with van der Waals surface area (Å²) in [5.74, 6) is 0.588. The van der Waals surface area contributed by atoms with E-state index < -0.39 is 0 Å². The summed E-state index contributed by atoms with van der Waals surface area (Å²) in [7, 11) is 0. The first-order valence-electron chi connectivity index (χ1n) is 6.53. The molecule has 2 fully saturated rings. The second-order valence-corrected chi connectivity index (χ2v) is 4.92. The number of nitrogens with zero attached hydrogens (tertiary/aromatic N) is 4. The van der Waals surface area contributed by atoms with Gasteiger partial charge in [-0.05, 0) is 0 Å². The van der Waals surface area contributed by atoms with Gasteiger partial charge in [0.25, 0.3) is 0 Å². The van der Waals surface area contributed by atoms with Crippen molar-refractivity contribution in [2.45, 2.75) is 18.6 Å². The lowest BCUT2D eigenvalue weighted by molar-refractivity contribution is -0.169. The summed E-state index contributed by atoms with van der Waals surface area (Å²) in [6, 6.07) is 0. The molecule has 4 heterocycles. The minimum absolute atomic E-state index is 0.348. The highest BCUT2D eigenvalue weighted by molar-refractivity contribution is 5.86. The van der Waals surface area contributed by atoms with E-state index in [0.717, 1.165) is 42.8 Å². The molecule has 0 radical (unpaired) electrons. The highest BCUT2D eigenvalue weighted by Crippen LogP contribution is 2.33. The summed E-state index contributed by atoms with van der Waals surface area (Å²) in [6.45, 7) is 3.16. The summed E-state index contributed by atoms with van der Waals surface area (Å²) in [5.41, 5.74) is 0.777. The van der Waals surface area contributed by atoms with Crippen molar-refractivity contribution in [3.63, 3.8) is 0 Å². The molecule has 19 heavy (non-hydrogen) atoms. The first kappa shape index (κ1) is 11.1. The second kappa shape index (κ2) is 4.14. The Labute approximate surface area is 109 Å². The summed E-state index contributed by atoms with van der Waals surface area (Å²) < 4.78 is 11.5. The van der Waals surface area contributed by atoms with Crippen LogP contribution in [-0.4, -0.2) is 52.3 Å². The molecule has 1 spiro atoms. The van der Waals surface area contributed by atoms with Crippen molar-refractivity contribution in [2.24, 2.45) is 0 Å². The maximum Gasteiger partial charge on any atom is 0.171 e. The van der Waals surface area contributed by atoms with Crippen LogP contribution in [0.3, 0.4) is 0 Å². The van der Waals surface area contributed by atoms with Gasteiger partial charge in [0.05, 0.1) is 24.8 Å². The van der Waals surface area contributed by atoms with Crippen LogP contribution in [0.1, 0.15) is 12.8 Å². The highest BCUT2D eigenvalue weighted by Gasteiger charge is 2.40. The second-order valence-electron chi connectivity index (χ2n) is 4.92. The Morgan fingerprint density at radius 3 is 2.74 bits per heavy atom. The van der Waals surface area contributed by atoms with Crippen molar-refractivity contribution in [3.8, 4) is 0 Å². The van der Waals surface area contributed by atoms with Crippen LogP contribution in [0.15, 0.2) is 12.5 Å². The molecule has 0 amide bonds. The molecule has 0 aliphatic carbocycles. The van der Waals surface area contributed by atoms with Gasteiger partial charge in [-0.2, -0.15) is 5.10 Å². The van der Waals surface area contributed by atoms with Crippen LogP contribution >= 0.6 is 0 Å². The van der Waals surface area contributed by atoms with Crippen LogP contribution in [0.4, 0.5) is 5.82 Å². The van der Waals surface area contributed by atoms with Crippen molar-refractivity contribution in [2.75, 3.05) is 31.2 Å². The SMILES string of the molecule is c1nc(N2CCC3(CC2)OCCO3)c2cn[nH]c2n1. The van der Waals surface area contributed by atoms with Crippen LogP contribution in [0, 0.1) is 0 Å². The Kier molecular flexibility index (Phi) is 2.42. The van der Waals surface area contributed by atoms with Gasteiger partial charge in [-0.15, -0.1) is 0 Å². The molecule has 2 saturated heterocycles. The molecule has 0 unspecified atom stereocenters. The molecule has 7 heteroatoms. The topological polar surface area (TPSA) is 76.2 Å². The molecule has 2 aromatic heterocycles. The largest absolute Gasteiger partial charge is 0.355 e. The number of ether oxygens (including phenoxy) is 2. The van der Waals surface area contributed by atoms with E-state index in [1.165, 1.54) is 0 Å². The van der Waals surface area contributed by atoms with Gasteiger partial charge in [-0.25, -0.2) is 9.97 Å². The molecule has 0 atom stereocenters. The zero-order chi connectivity index (χ0) is 12.7. The molecule has 0 aromatic carbocycles. The van der Waals surface area contributed by atoms with E-state index in [0.29, 0.717) is 13.2 Å². The standard InChI is InChI=1S/C12H15N5O2/c1-3-17(4-2-12(1)18-5-6-19-12)11-9-7-15-16-10(9)13-8-14-11/h7-8H,1-6H2,(H,13,14,15,16). The number of aromatic amines is 1. The third kappa shape index (κ3) is 1.77. The fraction of sp³-hybridized carbons (Fsp3) is 0.583. The molecule has 4 rings (SSSR count). The number of aromatic nitrogens is 4. The smallest absolute Gasteiger partial charge is 0.171 e. The first-order chi connectivity index (χ1) is 9.36. The predicted molar refractivity (Wildman–Crippen MR) is 67.8 cm³/mol. The predicted octanol–water partition coefficient (Wildman–Crippen LogP) is 0.696. The Morgan fingerprint density at radius 2 is 1.95 bits per heavy atom.